The van der Waals surface area contributed by atoms with E-state index in [-0.39, 0.29) is 22.9 Å². The number of allylic oxidation sites excluding steroid dienone is 1. The maximum Gasteiger partial charge on any atom is 0.346 e. The summed E-state index contributed by atoms with van der Waals surface area (Å²) in [5.41, 5.74) is -0.874. The standard InChI is InChI=1S/C20H26O4/c1-13-12-20-17-16(18(22)24-20)15(21)11-14(23-17)9-7-5-3-4-6-8-10-19(13,20)2/h8,10,13-14H,3-7,9,11-12H2,1-2H3/b10-8+/t13-,14-,19+,20-/m1/s1. The average Bonchev–Trinajstić information content (AvgIpc) is 2.84. The molecule has 0 saturated heterocycles. The van der Waals surface area contributed by atoms with E-state index in [2.05, 4.69) is 26.0 Å². The van der Waals surface area contributed by atoms with Crippen molar-refractivity contribution in [2.24, 2.45) is 11.3 Å². The van der Waals surface area contributed by atoms with E-state index in [0.29, 0.717) is 18.1 Å². The predicted molar refractivity (Wildman–Crippen MR) is 89.1 cm³/mol. The number of ketones is 1. The Balaban J connectivity index is 1.78. The monoisotopic (exact) mass is 330 g/mol. The zero-order valence-corrected chi connectivity index (χ0v) is 14.6. The molecule has 4 rings (SSSR count). The first-order valence-corrected chi connectivity index (χ1v) is 9.33. The lowest BCUT2D eigenvalue weighted by molar-refractivity contribution is -0.198. The fourth-order valence-corrected chi connectivity index (χ4v) is 4.86. The maximum absolute atomic E-state index is 12.6. The molecule has 4 atom stereocenters. The molecule has 0 aromatic rings. The highest BCUT2D eigenvalue weighted by Crippen LogP contribution is 2.64. The van der Waals surface area contributed by atoms with Crippen molar-refractivity contribution in [3.63, 3.8) is 0 Å². The van der Waals surface area contributed by atoms with Gasteiger partial charge in [-0.3, -0.25) is 4.79 Å². The lowest BCUT2D eigenvalue weighted by atomic mass is 9.50. The molecule has 0 radical (unpaired) electrons. The summed E-state index contributed by atoms with van der Waals surface area (Å²) in [5.74, 6) is 0.354. The third-order valence-corrected chi connectivity index (χ3v) is 6.64. The first-order chi connectivity index (χ1) is 11.5. The van der Waals surface area contributed by atoms with Crippen LogP contribution in [-0.2, 0) is 19.1 Å². The molecule has 3 aliphatic heterocycles. The molecule has 1 spiro atoms. The first kappa shape index (κ1) is 15.9. The van der Waals surface area contributed by atoms with Crippen molar-refractivity contribution in [3.05, 3.63) is 23.5 Å². The van der Waals surface area contributed by atoms with E-state index in [0.717, 1.165) is 25.7 Å². The van der Waals surface area contributed by atoms with Crippen molar-refractivity contribution in [2.75, 3.05) is 0 Å². The van der Waals surface area contributed by atoms with Crippen LogP contribution in [-0.4, -0.2) is 23.5 Å². The molecule has 0 aromatic carbocycles. The minimum Gasteiger partial charge on any atom is -0.489 e. The van der Waals surface area contributed by atoms with E-state index >= 15 is 0 Å². The third kappa shape index (κ3) is 2.04. The van der Waals surface area contributed by atoms with Crippen LogP contribution in [0.4, 0.5) is 0 Å². The largest absolute Gasteiger partial charge is 0.489 e. The van der Waals surface area contributed by atoms with Crippen LogP contribution in [0.2, 0.25) is 0 Å². The number of hydrogen-bond donors (Lipinski definition) is 0. The Bertz CT molecular complexity index is 646. The molecule has 1 aliphatic carbocycles. The van der Waals surface area contributed by atoms with E-state index in [1.165, 1.54) is 19.3 Å². The van der Waals surface area contributed by atoms with E-state index in [1.807, 2.05) is 0 Å². The number of carbonyl (C=O) groups excluding carboxylic acids is 2. The molecule has 0 amide bonds. The molecule has 4 heteroatoms. The maximum atomic E-state index is 12.6. The Morgan fingerprint density at radius 1 is 1.17 bits per heavy atom. The molecule has 3 heterocycles. The van der Waals surface area contributed by atoms with Crippen LogP contribution in [0.25, 0.3) is 0 Å². The van der Waals surface area contributed by atoms with Gasteiger partial charge in [0.05, 0.1) is 0 Å². The molecule has 1 fully saturated rings. The molecule has 130 valence electrons. The summed E-state index contributed by atoms with van der Waals surface area (Å²) in [4.78, 5) is 25.0. The zero-order valence-electron chi connectivity index (χ0n) is 14.6. The molecular weight excluding hydrogens is 304 g/mol. The Labute approximate surface area is 143 Å². The van der Waals surface area contributed by atoms with Crippen LogP contribution in [0.5, 0.6) is 0 Å². The summed E-state index contributed by atoms with van der Waals surface area (Å²) in [6.45, 7) is 4.32. The highest BCUT2D eigenvalue weighted by Gasteiger charge is 2.70. The van der Waals surface area contributed by atoms with Crippen molar-refractivity contribution in [3.8, 4) is 0 Å². The van der Waals surface area contributed by atoms with Gasteiger partial charge in [0.25, 0.3) is 0 Å². The summed E-state index contributed by atoms with van der Waals surface area (Å²) in [6.07, 6.45) is 12.0. The molecule has 4 nitrogen and oxygen atoms in total. The van der Waals surface area contributed by atoms with Gasteiger partial charge >= 0.3 is 5.97 Å². The van der Waals surface area contributed by atoms with Gasteiger partial charge in [0.1, 0.15) is 11.7 Å². The first-order valence-electron chi connectivity index (χ1n) is 9.33. The van der Waals surface area contributed by atoms with Gasteiger partial charge in [-0.1, -0.05) is 38.8 Å². The van der Waals surface area contributed by atoms with Crippen molar-refractivity contribution >= 4 is 11.8 Å². The summed E-state index contributed by atoms with van der Waals surface area (Å²) in [5, 5.41) is 0. The van der Waals surface area contributed by atoms with E-state index in [9.17, 15) is 9.59 Å². The highest BCUT2D eigenvalue weighted by molar-refractivity contribution is 6.20. The topological polar surface area (TPSA) is 52.6 Å². The van der Waals surface area contributed by atoms with Crippen LogP contribution in [0.3, 0.4) is 0 Å². The van der Waals surface area contributed by atoms with Gasteiger partial charge in [0.15, 0.2) is 17.1 Å². The Morgan fingerprint density at radius 2 is 1.96 bits per heavy atom. The van der Waals surface area contributed by atoms with E-state index in [4.69, 9.17) is 9.47 Å². The van der Waals surface area contributed by atoms with Gasteiger partial charge in [-0.15, -0.1) is 0 Å². The fraction of sp³-hybridized carbons (Fsp3) is 0.700. The van der Waals surface area contributed by atoms with Gasteiger partial charge in [-0.2, -0.15) is 0 Å². The SMILES string of the molecule is C[C@@H]1C[C@@]23OC(=O)C4=C2O[C@H](CCCCCC/C=C/[C@@]13C)CC4=O. The second-order valence-electron chi connectivity index (χ2n) is 8.07. The molecule has 24 heavy (non-hydrogen) atoms. The van der Waals surface area contributed by atoms with Gasteiger partial charge in [0.2, 0.25) is 0 Å². The minimum atomic E-state index is -0.766. The zero-order chi connectivity index (χ0) is 16.9. The second kappa shape index (κ2) is 5.47. The summed E-state index contributed by atoms with van der Waals surface area (Å²) >= 11 is 0. The number of hydrogen-bond acceptors (Lipinski definition) is 4. The Kier molecular flexibility index (Phi) is 3.63. The number of Topliss-reactive ketones (excluding diaryl/α,β-unsaturated/α-hetero) is 1. The van der Waals surface area contributed by atoms with Crippen molar-refractivity contribution in [1.82, 2.24) is 0 Å². The molecule has 1 saturated carbocycles. The summed E-state index contributed by atoms with van der Waals surface area (Å²) in [7, 11) is 0. The number of carbonyl (C=O) groups is 2. The average molecular weight is 330 g/mol. The van der Waals surface area contributed by atoms with Crippen molar-refractivity contribution in [2.45, 2.75) is 76.9 Å². The molecule has 0 aromatic heterocycles. The molecule has 0 unspecified atom stereocenters. The highest BCUT2D eigenvalue weighted by atomic mass is 16.6. The smallest absolute Gasteiger partial charge is 0.346 e. The van der Waals surface area contributed by atoms with Gasteiger partial charge < -0.3 is 9.47 Å². The lowest BCUT2D eigenvalue weighted by Gasteiger charge is -2.58. The van der Waals surface area contributed by atoms with Crippen LogP contribution in [0.1, 0.15) is 65.2 Å². The van der Waals surface area contributed by atoms with Gasteiger partial charge in [0, 0.05) is 11.8 Å². The van der Waals surface area contributed by atoms with E-state index in [1.54, 1.807) is 0 Å². The predicted octanol–water partition coefficient (Wildman–Crippen LogP) is 3.85. The normalized spacial score (nSPS) is 43.4. The van der Waals surface area contributed by atoms with Crippen LogP contribution >= 0.6 is 0 Å². The van der Waals surface area contributed by atoms with Crippen LogP contribution < -0.4 is 0 Å². The second-order valence-corrected chi connectivity index (χ2v) is 8.07. The van der Waals surface area contributed by atoms with Crippen LogP contribution in [0, 0.1) is 11.3 Å². The van der Waals surface area contributed by atoms with Crippen molar-refractivity contribution in [1.29, 1.82) is 0 Å². The van der Waals surface area contributed by atoms with Gasteiger partial charge in [-0.25, -0.2) is 4.79 Å². The minimum absolute atomic E-state index is 0.0936. The molecule has 4 aliphatic rings. The van der Waals surface area contributed by atoms with E-state index < -0.39 is 11.6 Å². The number of ether oxygens (including phenoxy) is 2. The molecule has 0 N–H and O–H groups in total. The molecule has 2 bridgehead atoms. The number of esters is 1. The quantitative estimate of drug-likeness (QED) is 0.384. The van der Waals surface area contributed by atoms with Gasteiger partial charge in [-0.05, 0) is 38.0 Å². The summed E-state index contributed by atoms with van der Waals surface area (Å²) < 4.78 is 12.1. The lowest BCUT2D eigenvalue weighted by Crippen LogP contribution is -2.62. The van der Waals surface area contributed by atoms with Crippen LogP contribution in [0.15, 0.2) is 23.5 Å². The number of rotatable bonds is 0. The third-order valence-electron chi connectivity index (χ3n) is 6.64. The number of fused-ring (bicyclic) bond motifs is 1. The fourth-order valence-electron chi connectivity index (χ4n) is 4.86. The molecular formula is C20H26O4. The Hall–Kier alpha value is -1.58. The van der Waals surface area contributed by atoms with Crippen molar-refractivity contribution < 1.29 is 19.1 Å². The Morgan fingerprint density at radius 3 is 2.75 bits per heavy atom. The summed E-state index contributed by atoms with van der Waals surface area (Å²) in [6, 6.07) is 0.